The van der Waals surface area contributed by atoms with Crippen molar-refractivity contribution in [2.24, 2.45) is 5.73 Å². The molecular formula is C12H12N2OS2. The number of nitrogens with zero attached hydrogens (tertiary/aromatic N) is 1. The summed E-state index contributed by atoms with van der Waals surface area (Å²) < 4.78 is 1.07. The minimum atomic E-state index is -0.389. The summed E-state index contributed by atoms with van der Waals surface area (Å²) in [5.41, 5.74) is 7.94. The number of carbonyl (C=O) groups is 1. The van der Waals surface area contributed by atoms with Crippen LogP contribution in [0.5, 0.6) is 0 Å². The highest BCUT2D eigenvalue weighted by atomic mass is 32.2. The maximum atomic E-state index is 10.9. The Morgan fingerprint density at radius 3 is 2.65 bits per heavy atom. The van der Waals surface area contributed by atoms with Crippen LogP contribution in [0.25, 0.3) is 0 Å². The molecule has 0 atom stereocenters. The molecule has 0 saturated carbocycles. The molecule has 0 bridgehead atoms. The number of benzene rings is 1. The lowest BCUT2D eigenvalue weighted by molar-refractivity contribution is 0.100. The summed E-state index contributed by atoms with van der Waals surface area (Å²) in [7, 11) is 0. The molecule has 17 heavy (non-hydrogen) atoms. The Morgan fingerprint density at radius 1 is 1.41 bits per heavy atom. The minimum absolute atomic E-state index is 0.389. The number of aryl methyl sites for hydroxylation is 1. The first kappa shape index (κ1) is 12.1. The van der Waals surface area contributed by atoms with Gasteiger partial charge in [0.05, 0.1) is 0 Å². The predicted molar refractivity (Wildman–Crippen MR) is 71.4 cm³/mol. The number of primary amides is 1. The van der Waals surface area contributed by atoms with Crippen molar-refractivity contribution in [3.63, 3.8) is 0 Å². The van der Waals surface area contributed by atoms with E-state index in [0.717, 1.165) is 21.3 Å². The molecule has 1 aromatic heterocycles. The zero-order valence-electron chi connectivity index (χ0n) is 9.34. The summed E-state index contributed by atoms with van der Waals surface area (Å²) in [6.45, 7) is 1.99. The summed E-state index contributed by atoms with van der Waals surface area (Å²) in [5, 5.41) is 2.04. The molecule has 0 aliphatic carbocycles. The van der Waals surface area contributed by atoms with Gasteiger partial charge in [0.2, 0.25) is 5.91 Å². The van der Waals surface area contributed by atoms with E-state index in [9.17, 15) is 4.79 Å². The Labute approximate surface area is 108 Å². The number of amides is 1. The standard InChI is InChI=1S/C12H12N2OS2/c1-8-6-16-12(14-8)17-7-9-2-4-10(5-3-9)11(13)15/h2-6H,7H2,1H3,(H2,13,15). The fourth-order valence-electron chi connectivity index (χ4n) is 1.31. The first-order valence-corrected chi connectivity index (χ1v) is 6.95. The number of carbonyl (C=O) groups excluding carboxylic acids is 1. The highest BCUT2D eigenvalue weighted by molar-refractivity contribution is 8.00. The van der Waals surface area contributed by atoms with Crippen LogP contribution < -0.4 is 5.73 Å². The molecule has 1 amide bonds. The van der Waals surface area contributed by atoms with Crippen LogP contribution in [0.1, 0.15) is 21.6 Å². The molecule has 3 nitrogen and oxygen atoms in total. The summed E-state index contributed by atoms with van der Waals surface area (Å²) in [5.74, 6) is 0.464. The monoisotopic (exact) mass is 264 g/mol. The van der Waals surface area contributed by atoms with E-state index >= 15 is 0 Å². The van der Waals surface area contributed by atoms with E-state index in [1.807, 2.05) is 24.4 Å². The SMILES string of the molecule is Cc1csc(SCc2ccc(C(N)=O)cc2)n1. The first-order valence-electron chi connectivity index (χ1n) is 5.09. The number of thioether (sulfide) groups is 1. The number of aromatic nitrogens is 1. The molecule has 0 aliphatic rings. The van der Waals surface area contributed by atoms with Crippen molar-refractivity contribution in [3.8, 4) is 0 Å². The molecule has 1 aromatic carbocycles. The van der Waals surface area contributed by atoms with E-state index in [1.54, 1.807) is 35.2 Å². The van der Waals surface area contributed by atoms with Gasteiger partial charge in [0.1, 0.15) is 4.34 Å². The highest BCUT2D eigenvalue weighted by Gasteiger charge is 2.02. The van der Waals surface area contributed by atoms with E-state index in [-0.39, 0.29) is 5.91 Å². The zero-order valence-corrected chi connectivity index (χ0v) is 11.0. The lowest BCUT2D eigenvalue weighted by Crippen LogP contribution is -2.10. The van der Waals surface area contributed by atoms with Crippen molar-refractivity contribution >= 4 is 29.0 Å². The number of rotatable bonds is 4. The van der Waals surface area contributed by atoms with Gasteiger partial charge in [-0.25, -0.2) is 4.98 Å². The molecular weight excluding hydrogens is 252 g/mol. The minimum Gasteiger partial charge on any atom is -0.366 e. The van der Waals surface area contributed by atoms with Crippen molar-refractivity contribution in [3.05, 3.63) is 46.5 Å². The molecule has 0 unspecified atom stereocenters. The molecule has 88 valence electrons. The Hall–Kier alpha value is -1.33. The second-order valence-corrected chi connectivity index (χ2v) is 5.69. The van der Waals surface area contributed by atoms with Gasteiger partial charge in [-0.05, 0) is 24.6 Å². The molecule has 5 heteroatoms. The van der Waals surface area contributed by atoms with Gasteiger partial charge < -0.3 is 5.73 Å². The summed E-state index contributed by atoms with van der Waals surface area (Å²) in [6.07, 6.45) is 0. The van der Waals surface area contributed by atoms with E-state index in [0.29, 0.717) is 5.56 Å². The van der Waals surface area contributed by atoms with Crippen molar-refractivity contribution < 1.29 is 4.79 Å². The lowest BCUT2D eigenvalue weighted by atomic mass is 10.1. The average molecular weight is 264 g/mol. The summed E-state index contributed by atoms with van der Waals surface area (Å²) >= 11 is 3.35. The van der Waals surface area contributed by atoms with Crippen LogP contribution >= 0.6 is 23.1 Å². The Balaban J connectivity index is 1.97. The van der Waals surface area contributed by atoms with Crippen LogP contribution in [0.3, 0.4) is 0 Å². The molecule has 2 N–H and O–H groups in total. The maximum absolute atomic E-state index is 10.9. The Morgan fingerprint density at radius 2 is 2.12 bits per heavy atom. The van der Waals surface area contributed by atoms with E-state index in [2.05, 4.69) is 4.98 Å². The van der Waals surface area contributed by atoms with Gasteiger partial charge in [-0.1, -0.05) is 23.9 Å². The van der Waals surface area contributed by atoms with Crippen LogP contribution in [-0.2, 0) is 5.75 Å². The van der Waals surface area contributed by atoms with E-state index in [4.69, 9.17) is 5.73 Å². The Kier molecular flexibility index (Phi) is 3.81. The molecule has 2 aromatic rings. The molecule has 0 saturated heterocycles. The van der Waals surface area contributed by atoms with Crippen LogP contribution in [-0.4, -0.2) is 10.9 Å². The maximum Gasteiger partial charge on any atom is 0.248 e. The van der Waals surface area contributed by atoms with Gasteiger partial charge >= 0.3 is 0 Å². The lowest BCUT2D eigenvalue weighted by Gasteiger charge is -2.00. The van der Waals surface area contributed by atoms with Gasteiger partial charge in [-0.2, -0.15) is 0 Å². The van der Waals surface area contributed by atoms with Crippen LogP contribution in [0.15, 0.2) is 34.0 Å². The number of nitrogens with two attached hydrogens (primary N) is 1. The highest BCUT2D eigenvalue weighted by Crippen LogP contribution is 2.25. The second-order valence-electron chi connectivity index (χ2n) is 3.60. The topological polar surface area (TPSA) is 56.0 Å². The third-order valence-corrected chi connectivity index (χ3v) is 4.41. The fourth-order valence-corrected chi connectivity index (χ4v) is 3.11. The smallest absolute Gasteiger partial charge is 0.248 e. The predicted octanol–water partition coefficient (Wildman–Crippen LogP) is 2.84. The fraction of sp³-hybridized carbons (Fsp3) is 0.167. The van der Waals surface area contributed by atoms with Crippen LogP contribution in [0, 0.1) is 6.92 Å². The van der Waals surface area contributed by atoms with Crippen molar-refractivity contribution in [2.75, 3.05) is 0 Å². The third kappa shape index (κ3) is 3.31. The molecule has 0 aliphatic heterocycles. The third-order valence-electron chi connectivity index (χ3n) is 2.20. The van der Waals surface area contributed by atoms with Crippen molar-refractivity contribution in [1.29, 1.82) is 0 Å². The summed E-state index contributed by atoms with van der Waals surface area (Å²) in [4.78, 5) is 15.3. The molecule has 0 spiro atoms. The average Bonchev–Trinajstić information content (AvgIpc) is 2.73. The number of hydrogen-bond donors (Lipinski definition) is 1. The number of hydrogen-bond acceptors (Lipinski definition) is 4. The summed E-state index contributed by atoms with van der Waals surface area (Å²) in [6, 6.07) is 7.36. The van der Waals surface area contributed by atoms with Gasteiger partial charge in [-0.15, -0.1) is 11.3 Å². The normalized spacial score (nSPS) is 10.4. The van der Waals surface area contributed by atoms with Crippen LogP contribution in [0.4, 0.5) is 0 Å². The van der Waals surface area contributed by atoms with Crippen molar-refractivity contribution in [2.45, 2.75) is 17.0 Å². The van der Waals surface area contributed by atoms with E-state index in [1.165, 1.54) is 0 Å². The largest absolute Gasteiger partial charge is 0.366 e. The zero-order chi connectivity index (χ0) is 12.3. The molecule has 0 radical (unpaired) electrons. The van der Waals surface area contributed by atoms with Gasteiger partial charge in [0.15, 0.2) is 0 Å². The van der Waals surface area contributed by atoms with Crippen LogP contribution in [0.2, 0.25) is 0 Å². The van der Waals surface area contributed by atoms with Gasteiger partial charge in [0, 0.05) is 22.4 Å². The Bertz CT molecular complexity index is 520. The quantitative estimate of drug-likeness (QED) is 0.864. The number of thiazole rings is 1. The first-order chi connectivity index (χ1) is 8.15. The van der Waals surface area contributed by atoms with E-state index < -0.39 is 0 Å². The molecule has 1 heterocycles. The van der Waals surface area contributed by atoms with Crippen molar-refractivity contribution in [1.82, 2.24) is 4.98 Å². The van der Waals surface area contributed by atoms with Gasteiger partial charge in [0.25, 0.3) is 0 Å². The van der Waals surface area contributed by atoms with Gasteiger partial charge in [-0.3, -0.25) is 4.79 Å². The molecule has 2 rings (SSSR count). The second kappa shape index (κ2) is 5.33. The molecule has 0 fully saturated rings.